The van der Waals surface area contributed by atoms with Crippen LogP contribution in [0.4, 0.5) is 10.1 Å². The Balaban J connectivity index is 1.93. The molecule has 0 bridgehead atoms. The fourth-order valence-electron chi connectivity index (χ4n) is 2.62. The van der Waals surface area contributed by atoms with Crippen LogP contribution in [0.3, 0.4) is 0 Å². The molecule has 2 aromatic rings. The monoisotopic (exact) mass is 358 g/mol. The van der Waals surface area contributed by atoms with Crippen molar-refractivity contribution < 1.29 is 18.7 Å². The van der Waals surface area contributed by atoms with Crippen molar-refractivity contribution >= 4 is 17.6 Å². The van der Waals surface area contributed by atoms with Gasteiger partial charge in [-0.2, -0.15) is 0 Å². The predicted octanol–water partition coefficient (Wildman–Crippen LogP) is 3.54. The van der Waals surface area contributed by atoms with Crippen molar-refractivity contribution in [2.45, 2.75) is 19.9 Å². The van der Waals surface area contributed by atoms with Crippen LogP contribution in [-0.2, 0) is 9.53 Å². The number of hydrogen-bond acceptors (Lipinski definition) is 4. The molecule has 0 unspecified atom stereocenters. The molecule has 6 heteroatoms. The summed E-state index contributed by atoms with van der Waals surface area (Å²) < 4.78 is 17.7. The van der Waals surface area contributed by atoms with E-state index >= 15 is 0 Å². The molecule has 0 saturated heterocycles. The minimum Gasteiger partial charge on any atom is -0.465 e. The van der Waals surface area contributed by atoms with Gasteiger partial charge in [0.05, 0.1) is 19.2 Å². The summed E-state index contributed by atoms with van der Waals surface area (Å²) in [5.74, 6) is -0.691. The standard InChI is InChI=1S/C20H23FN2O3/c1-13(2)19(14-4-8-16(21)9-5-14)22-12-18(24)23-17-10-6-15(7-11-17)20(25)26-3/h4-11,13,19,22H,12H2,1-3H3,(H,23,24)/t19-/m0/s1. The number of carbonyl (C=O) groups is 2. The average Bonchev–Trinajstić information content (AvgIpc) is 2.63. The molecular formula is C20H23FN2O3. The molecule has 1 amide bonds. The highest BCUT2D eigenvalue weighted by Gasteiger charge is 2.16. The van der Waals surface area contributed by atoms with E-state index in [-0.39, 0.29) is 30.2 Å². The molecule has 0 aliphatic heterocycles. The van der Waals surface area contributed by atoms with Crippen LogP contribution in [0.15, 0.2) is 48.5 Å². The second-order valence-corrected chi connectivity index (χ2v) is 6.27. The Morgan fingerprint density at radius 3 is 2.19 bits per heavy atom. The van der Waals surface area contributed by atoms with Gasteiger partial charge in [0, 0.05) is 11.7 Å². The number of benzene rings is 2. The first-order valence-electron chi connectivity index (χ1n) is 8.37. The Kier molecular flexibility index (Phi) is 6.86. The second kappa shape index (κ2) is 9.10. The van der Waals surface area contributed by atoms with Crippen molar-refractivity contribution in [1.82, 2.24) is 5.32 Å². The number of esters is 1. The van der Waals surface area contributed by atoms with Crippen LogP contribution in [0, 0.1) is 11.7 Å². The van der Waals surface area contributed by atoms with Crippen molar-refractivity contribution in [2.24, 2.45) is 5.92 Å². The van der Waals surface area contributed by atoms with Crippen molar-refractivity contribution in [3.63, 3.8) is 0 Å². The van der Waals surface area contributed by atoms with E-state index < -0.39 is 5.97 Å². The molecule has 5 nitrogen and oxygen atoms in total. The lowest BCUT2D eigenvalue weighted by Crippen LogP contribution is -2.33. The third kappa shape index (κ3) is 5.39. The molecule has 1 atom stereocenters. The van der Waals surface area contributed by atoms with E-state index in [1.807, 2.05) is 13.8 Å². The summed E-state index contributed by atoms with van der Waals surface area (Å²) in [6.07, 6.45) is 0. The predicted molar refractivity (Wildman–Crippen MR) is 98.4 cm³/mol. The minimum absolute atomic E-state index is 0.0666. The number of anilines is 1. The first-order valence-corrected chi connectivity index (χ1v) is 8.37. The lowest BCUT2D eigenvalue weighted by molar-refractivity contribution is -0.115. The third-order valence-corrected chi connectivity index (χ3v) is 3.97. The van der Waals surface area contributed by atoms with E-state index in [9.17, 15) is 14.0 Å². The number of carbonyl (C=O) groups excluding carboxylic acids is 2. The zero-order valence-corrected chi connectivity index (χ0v) is 15.1. The molecule has 0 aliphatic carbocycles. The molecule has 0 aliphatic rings. The van der Waals surface area contributed by atoms with Crippen molar-refractivity contribution in [3.8, 4) is 0 Å². The Morgan fingerprint density at radius 1 is 1.04 bits per heavy atom. The van der Waals surface area contributed by atoms with Gasteiger partial charge >= 0.3 is 5.97 Å². The van der Waals surface area contributed by atoms with Gasteiger partial charge in [-0.3, -0.25) is 4.79 Å². The molecule has 0 spiro atoms. The number of rotatable bonds is 7. The van der Waals surface area contributed by atoms with Gasteiger partial charge in [0.15, 0.2) is 0 Å². The molecule has 0 saturated carbocycles. The van der Waals surface area contributed by atoms with Gasteiger partial charge in [-0.05, 0) is 47.9 Å². The van der Waals surface area contributed by atoms with Crippen LogP contribution in [0.1, 0.15) is 35.8 Å². The van der Waals surface area contributed by atoms with Crippen LogP contribution in [0.2, 0.25) is 0 Å². The number of methoxy groups -OCH3 is 1. The van der Waals surface area contributed by atoms with E-state index in [0.717, 1.165) is 5.56 Å². The summed E-state index contributed by atoms with van der Waals surface area (Å²) in [5, 5.41) is 5.97. The van der Waals surface area contributed by atoms with Gasteiger partial charge in [0.2, 0.25) is 5.91 Å². The van der Waals surface area contributed by atoms with E-state index in [0.29, 0.717) is 11.3 Å². The molecule has 0 aromatic heterocycles. The molecule has 138 valence electrons. The highest BCUT2D eigenvalue weighted by molar-refractivity contribution is 5.94. The zero-order chi connectivity index (χ0) is 19.1. The van der Waals surface area contributed by atoms with Crippen molar-refractivity contribution in [2.75, 3.05) is 19.0 Å². The van der Waals surface area contributed by atoms with Crippen LogP contribution in [-0.4, -0.2) is 25.5 Å². The molecule has 0 radical (unpaired) electrons. The second-order valence-electron chi connectivity index (χ2n) is 6.27. The molecular weight excluding hydrogens is 335 g/mol. The van der Waals surface area contributed by atoms with Gasteiger partial charge in [0.25, 0.3) is 0 Å². The summed E-state index contributed by atoms with van der Waals surface area (Å²) in [6.45, 7) is 4.17. The first kappa shape index (κ1) is 19.6. The minimum atomic E-state index is -0.427. The highest BCUT2D eigenvalue weighted by atomic mass is 19.1. The van der Waals surface area contributed by atoms with E-state index in [4.69, 9.17) is 0 Å². The van der Waals surface area contributed by atoms with Gasteiger partial charge < -0.3 is 15.4 Å². The maximum atomic E-state index is 13.1. The number of amides is 1. The maximum Gasteiger partial charge on any atom is 0.337 e. The lowest BCUT2D eigenvalue weighted by Gasteiger charge is -2.22. The van der Waals surface area contributed by atoms with Gasteiger partial charge in [-0.1, -0.05) is 26.0 Å². The van der Waals surface area contributed by atoms with Crippen LogP contribution < -0.4 is 10.6 Å². The number of nitrogens with one attached hydrogen (secondary N) is 2. The van der Waals surface area contributed by atoms with Gasteiger partial charge in [-0.25, -0.2) is 9.18 Å². The SMILES string of the molecule is COC(=O)c1ccc(NC(=O)CN[C@H](c2ccc(F)cc2)C(C)C)cc1. The lowest BCUT2D eigenvalue weighted by atomic mass is 9.96. The topological polar surface area (TPSA) is 67.4 Å². The normalized spacial score (nSPS) is 11.9. The quantitative estimate of drug-likeness (QED) is 0.743. The Morgan fingerprint density at radius 2 is 1.65 bits per heavy atom. The molecule has 0 heterocycles. The Labute approximate surface area is 152 Å². The smallest absolute Gasteiger partial charge is 0.337 e. The highest BCUT2D eigenvalue weighted by Crippen LogP contribution is 2.21. The molecule has 2 N–H and O–H groups in total. The Hall–Kier alpha value is -2.73. The molecule has 0 fully saturated rings. The fraction of sp³-hybridized carbons (Fsp3) is 0.300. The van der Waals surface area contributed by atoms with Gasteiger partial charge in [0.1, 0.15) is 5.82 Å². The van der Waals surface area contributed by atoms with Crippen molar-refractivity contribution in [1.29, 1.82) is 0 Å². The summed E-state index contributed by atoms with van der Waals surface area (Å²) in [5.41, 5.74) is 1.93. The van der Waals surface area contributed by atoms with E-state index in [2.05, 4.69) is 15.4 Å². The van der Waals surface area contributed by atoms with E-state index in [1.54, 1.807) is 36.4 Å². The summed E-state index contributed by atoms with van der Waals surface area (Å²) in [7, 11) is 1.32. The third-order valence-electron chi connectivity index (χ3n) is 3.97. The summed E-state index contributed by atoms with van der Waals surface area (Å²) >= 11 is 0. The number of halogens is 1. The van der Waals surface area contributed by atoms with Crippen LogP contribution in [0.25, 0.3) is 0 Å². The van der Waals surface area contributed by atoms with Gasteiger partial charge in [-0.15, -0.1) is 0 Å². The van der Waals surface area contributed by atoms with Crippen molar-refractivity contribution in [3.05, 3.63) is 65.5 Å². The number of hydrogen-bond donors (Lipinski definition) is 2. The first-order chi connectivity index (χ1) is 12.4. The molecule has 26 heavy (non-hydrogen) atoms. The summed E-state index contributed by atoms with van der Waals surface area (Å²) in [6, 6.07) is 12.7. The van der Waals surface area contributed by atoms with E-state index in [1.165, 1.54) is 19.2 Å². The largest absolute Gasteiger partial charge is 0.465 e. The number of ether oxygens (including phenoxy) is 1. The maximum absolute atomic E-state index is 13.1. The molecule has 2 aromatic carbocycles. The fourth-order valence-corrected chi connectivity index (χ4v) is 2.62. The zero-order valence-electron chi connectivity index (χ0n) is 15.1. The van der Waals surface area contributed by atoms with Crippen LogP contribution in [0.5, 0.6) is 0 Å². The summed E-state index contributed by atoms with van der Waals surface area (Å²) in [4.78, 5) is 23.6. The molecule has 2 rings (SSSR count). The average molecular weight is 358 g/mol. The Bertz CT molecular complexity index is 743. The van der Waals surface area contributed by atoms with Crippen LogP contribution >= 0.6 is 0 Å².